The van der Waals surface area contributed by atoms with Gasteiger partial charge in [0, 0.05) is 19.6 Å². The lowest BCUT2D eigenvalue weighted by atomic mass is 10.1. The summed E-state index contributed by atoms with van der Waals surface area (Å²) in [5.41, 5.74) is 1.01. The molecule has 9 heteroatoms. The topological polar surface area (TPSA) is 88.1 Å². The smallest absolute Gasteiger partial charge is 0.244 e. The molecule has 0 radical (unpaired) electrons. The standard InChI is InChI=1S/C16H20FN5O2S/c1-22(14-7-9-25(23,24)11-14)15-10-19-21-16(20-15)18-8-6-12-2-4-13(17)5-3-12/h2-5,10,14H,6-9,11H2,1H3,(H,18,20,21). The third-order valence-electron chi connectivity index (χ3n) is 4.27. The molecule has 1 saturated heterocycles. The molecule has 0 saturated carbocycles. The average Bonchev–Trinajstić information content (AvgIpc) is 2.96. The minimum Gasteiger partial charge on any atom is -0.354 e. The van der Waals surface area contributed by atoms with Crippen molar-refractivity contribution in [1.29, 1.82) is 0 Å². The Labute approximate surface area is 146 Å². The van der Waals surface area contributed by atoms with Crippen LogP contribution in [0.2, 0.25) is 0 Å². The van der Waals surface area contributed by atoms with Crippen LogP contribution in [-0.2, 0) is 16.3 Å². The van der Waals surface area contributed by atoms with Crippen LogP contribution in [0.1, 0.15) is 12.0 Å². The highest BCUT2D eigenvalue weighted by Crippen LogP contribution is 2.21. The number of halogens is 1. The molecule has 0 amide bonds. The summed E-state index contributed by atoms with van der Waals surface area (Å²) in [6.45, 7) is 0.582. The van der Waals surface area contributed by atoms with Gasteiger partial charge >= 0.3 is 0 Å². The third-order valence-corrected chi connectivity index (χ3v) is 6.02. The van der Waals surface area contributed by atoms with Crippen LogP contribution >= 0.6 is 0 Å². The van der Waals surface area contributed by atoms with Crippen LogP contribution in [0.5, 0.6) is 0 Å². The second-order valence-electron chi connectivity index (χ2n) is 6.11. The van der Waals surface area contributed by atoms with Crippen molar-refractivity contribution in [3.8, 4) is 0 Å². The number of benzene rings is 1. The molecule has 0 aliphatic carbocycles. The summed E-state index contributed by atoms with van der Waals surface area (Å²) < 4.78 is 36.1. The summed E-state index contributed by atoms with van der Waals surface area (Å²) in [7, 11) is -1.14. The van der Waals surface area contributed by atoms with Crippen LogP contribution < -0.4 is 10.2 Å². The van der Waals surface area contributed by atoms with Crippen molar-refractivity contribution >= 4 is 21.6 Å². The molecule has 0 spiro atoms. The lowest BCUT2D eigenvalue weighted by Gasteiger charge is -2.24. The molecule has 1 aromatic heterocycles. The number of rotatable bonds is 6. The van der Waals surface area contributed by atoms with Crippen molar-refractivity contribution in [2.45, 2.75) is 18.9 Å². The minimum atomic E-state index is -2.95. The second kappa shape index (κ2) is 7.30. The van der Waals surface area contributed by atoms with Crippen molar-refractivity contribution in [2.24, 2.45) is 0 Å². The van der Waals surface area contributed by atoms with Crippen molar-refractivity contribution < 1.29 is 12.8 Å². The number of hydrogen-bond donors (Lipinski definition) is 1. The van der Waals surface area contributed by atoms with Gasteiger partial charge in [-0.3, -0.25) is 0 Å². The highest BCUT2D eigenvalue weighted by atomic mass is 32.2. The molecule has 3 rings (SSSR count). The van der Waals surface area contributed by atoms with E-state index in [1.54, 1.807) is 12.1 Å². The van der Waals surface area contributed by atoms with E-state index in [0.717, 1.165) is 5.56 Å². The van der Waals surface area contributed by atoms with Gasteiger partial charge < -0.3 is 10.2 Å². The van der Waals surface area contributed by atoms with Crippen molar-refractivity contribution in [3.63, 3.8) is 0 Å². The molecule has 1 aromatic carbocycles. The Hall–Kier alpha value is -2.29. The number of nitrogens with zero attached hydrogens (tertiary/aromatic N) is 4. The summed E-state index contributed by atoms with van der Waals surface area (Å²) in [5.74, 6) is 1.06. The van der Waals surface area contributed by atoms with Gasteiger partial charge in [-0.15, -0.1) is 5.10 Å². The molecule has 1 unspecified atom stereocenters. The maximum absolute atomic E-state index is 12.9. The van der Waals surface area contributed by atoms with Gasteiger partial charge in [-0.1, -0.05) is 12.1 Å². The van der Waals surface area contributed by atoms with Gasteiger partial charge in [-0.2, -0.15) is 10.1 Å². The van der Waals surface area contributed by atoms with Crippen LogP contribution in [0.15, 0.2) is 30.5 Å². The first-order valence-electron chi connectivity index (χ1n) is 8.04. The molecule has 1 fully saturated rings. The molecule has 0 bridgehead atoms. The third kappa shape index (κ3) is 4.62. The second-order valence-corrected chi connectivity index (χ2v) is 8.34. The summed E-state index contributed by atoms with van der Waals surface area (Å²) in [6.07, 6.45) is 2.82. The van der Waals surface area contributed by atoms with E-state index in [2.05, 4.69) is 20.5 Å². The van der Waals surface area contributed by atoms with E-state index in [1.165, 1.54) is 18.3 Å². The Kier molecular flexibility index (Phi) is 5.12. The summed E-state index contributed by atoms with van der Waals surface area (Å²) in [5, 5.41) is 11.0. The molecule has 2 aromatic rings. The fourth-order valence-electron chi connectivity index (χ4n) is 2.78. The van der Waals surface area contributed by atoms with E-state index < -0.39 is 9.84 Å². The quantitative estimate of drug-likeness (QED) is 0.825. The van der Waals surface area contributed by atoms with Crippen LogP contribution in [0, 0.1) is 5.82 Å². The Balaban J connectivity index is 1.58. The van der Waals surface area contributed by atoms with Crippen molar-refractivity contribution in [3.05, 3.63) is 41.8 Å². The largest absolute Gasteiger partial charge is 0.354 e. The molecule has 1 atom stereocenters. The maximum Gasteiger partial charge on any atom is 0.244 e. The van der Waals surface area contributed by atoms with E-state index in [9.17, 15) is 12.8 Å². The average molecular weight is 365 g/mol. The van der Waals surface area contributed by atoms with Gasteiger partial charge in [-0.25, -0.2) is 12.8 Å². The van der Waals surface area contributed by atoms with Crippen LogP contribution in [0.3, 0.4) is 0 Å². The van der Waals surface area contributed by atoms with E-state index in [-0.39, 0.29) is 23.4 Å². The van der Waals surface area contributed by atoms with Gasteiger partial charge in [0.05, 0.1) is 17.7 Å². The van der Waals surface area contributed by atoms with Crippen LogP contribution in [0.4, 0.5) is 16.2 Å². The molecule has 1 aliphatic heterocycles. The van der Waals surface area contributed by atoms with Gasteiger partial charge in [0.25, 0.3) is 0 Å². The van der Waals surface area contributed by atoms with Crippen molar-refractivity contribution in [1.82, 2.24) is 15.2 Å². The van der Waals surface area contributed by atoms with Gasteiger partial charge in [0.15, 0.2) is 15.7 Å². The van der Waals surface area contributed by atoms with E-state index in [4.69, 9.17) is 0 Å². The number of anilines is 2. The number of hydrogen-bond acceptors (Lipinski definition) is 7. The SMILES string of the molecule is CN(c1cnnc(NCCc2ccc(F)cc2)n1)C1CCS(=O)(=O)C1. The van der Waals surface area contributed by atoms with Gasteiger partial charge in [0.1, 0.15) is 5.82 Å². The van der Waals surface area contributed by atoms with Crippen molar-refractivity contribution in [2.75, 3.05) is 35.3 Å². The minimum absolute atomic E-state index is 0.0891. The Bertz CT molecular complexity index is 829. The fraction of sp³-hybridized carbons (Fsp3) is 0.438. The highest BCUT2D eigenvalue weighted by molar-refractivity contribution is 7.91. The monoisotopic (exact) mass is 365 g/mol. The Morgan fingerprint density at radius 1 is 1.32 bits per heavy atom. The molecule has 1 aliphatic rings. The molecule has 7 nitrogen and oxygen atoms in total. The zero-order valence-corrected chi connectivity index (χ0v) is 14.7. The van der Waals surface area contributed by atoms with Gasteiger partial charge in [0.2, 0.25) is 5.95 Å². The number of aromatic nitrogens is 3. The predicted molar refractivity (Wildman–Crippen MR) is 93.9 cm³/mol. The fourth-order valence-corrected chi connectivity index (χ4v) is 4.55. The Morgan fingerprint density at radius 3 is 2.76 bits per heavy atom. The lowest BCUT2D eigenvalue weighted by Crippen LogP contribution is -2.33. The molecule has 1 N–H and O–H groups in total. The van der Waals surface area contributed by atoms with Gasteiger partial charge in [-0.05, 0) is 30.5 Å². The molecule has 134 valence electrons. The number of sulfone groups is 1. The number of nitrogens with one attached hydrogen (secondary N) is 1. The molecule has 25 heavy (non-hydrogen) atoms. The molecule has 2 heterocycles. The zero-order chi connectivity index (χ0) is 17.9. The first kappa shape index (κ1) is 17.5. The highest BCUT2D eigenvalue weighted by Gasteiger charge is 2.31. The molecular formula is C16H20FN5O2S. The normalized spacial score (nSPS) is 18.9. The van der Waals surface area contributed by atoms with Crippen LogP contribution in [-0.4, -0.2) is 54.7 Å². The zero-order valence-electron chi connectivity index (χ0n) is 13.9. The first-order valence-corrected chi connectivity index (χ1v) is 9.86. The predicted octanol–water partition coefficient (Wildman–Crippen LogP) is 1.29. The summed E-state index contributed by atoms with van der Waals surface area (Å²) in [6, 6.07) is 6.24. The Morgan fingerprint density at radius 2 is 2.08 bits per heavy atom. The van der Waals surface area contributed by atoms with E-state index in [1.807, 2.05) is 11.9 Å². The summed E-state index contributed by atoms with van der Waals surface area (Å²) >= 11 is 0. The van der Waals surface area contributed by atoms with Crippen LogP contribution in [0.25, 0.3) is 0 Å². The summed E-state index contributed by atoms with van der Waals surface area (Å²) in [4.78, 5) is 6.23. The maximum atomic E-state index is 12.9. The lowest BCUT2D eigenvalue weighted by molar-refractivity contribution is 0.600. The van der Waals surface area contributed by atoms with E-state index in [0.29, 0.717) is 31.2 Å². The first-order chi connectivity index (χ1) is 11.9. The van der Waals surface area contributed by atoms with E-state index >= 15 is 0 Å². The molecular weight excluding hydrogens is 345 g/mol.